The van der Waals surface area contributed by atoms with E-state index < -0.39 is 0 Å². The van der Waals surface area contributed by atoms with E-state index in [2.05, 4.69) is 21.2 Å². The van der Waals surface area contributed by atoms with Gasteiger partial charge in [0.1, 0.15) is 0 Å². The van der Waals surface area contributed by atoms with Crippen LogP contribution in [0.3, 0.4) is 0 Å². The smallest absolute Gasteiger partial charge is 0.252 e. The van der Waals surface area contributed by atoms with Crippen molar-refractivity contribution in [1.29, 1.82) is 0 Å². The molecule has 0 aliphatic rings. The molecule has 5 heteroatoms. The van der Waals surface area contributed by atoms with Crippen LogP contribution in [0.25, 0.3) is 0 Å². The predicted octanol–water partition coefficient (Wildman–Crippen LogP) is 2.45. The van der Waals surface area contributed by atoms with E-state index in [9.17, 15) is 4.79 Å². The summed E-state index contributed by atoms with van der Waals surface area (Å²) in [6.07, 6.45) is 0. The van der Waals surface area contributed by atoms with Crippen molar-refractivity contribution in [3.05, 3.63) is 63.6 Å². The van der Waals surface area contributed by atoms with Crippen LogP contribution >= 0.6 is 15.9 Å². The van der Waals surface area contributed by atoms with E-state index in [0.717, 1.165) is 11.1 Å². The zero-order valence-electron chi connectivity index (χ0n) is 10.8. The Labute approximate surface area is 125 Å². The molecule has 0 unspecified atom stereocenters. The lowest BCUT2D eigenvalue weighted by Gasteiger charge is -2.08. The van der Waals surface area contributed by atoms with Gasteiger partial charge in [-0.3, -0.25) is 4.79 Å². The van der Waals surface area contributed by atoms with Crippen LogP contribution in [-0.4, -0.2) is 11.0 Å². The molecule has 0 heterocycles. The first-order chi connectivity index (χ1) is 9.60. The maximum atomic E-state index is 12.1. The molecule has 0 spiro atoms. The number of carbonyl (C=O) groups excluding carboxylic acids is 1. The van der Waals surface area contributed by atoms with Crippen LogP contribution in [0.1, 0.15) is 21.5 Å². The highest BCUT2D eigenvalue weighted by Crippen LogP contribution is 2.19. The molecule has 20 heavy (non-hydrogen) atoms. The Hall–Kier alpha value is -1.85. The molecule has 0 saturated heterocycles. The SMILES string of the molecule is Nc1ccc(Br)c(C(=O)NCc2cccc(CO)c2)c1. The van der Waals surface area contributed by atoms with E-state index in [1.54, 1.807) is 18.2 Å². The van der Waals surface area contributed by atoms with Gasteiger partial charge in [-0.15, -0.1) is 0 Å². The van der Waals surface area contributed by atoms with Crippen LogP contribution in [0.5, 0.6) is 0 Å². The van der Waals surface area contributed by atoms with Gasteiger partial charge in [0.15, 0.2) is 0 Å². The Bertz CT molecular complexity index is 629. The number of amides is 1. The quantitative estimate of drug-likeness (QED) is 0.752. The van der Waals surface area contributed by atoms with Crippen molar-refractivity contribution < 1.29 is 9.90 Å². The van der Waals surface area contributed by atoms with Crippen molar-refractivity contribution in [2.75, 3.05) is 5.73 Å². The third kappa shape index (κ3) is 3.59. The number of aliphatic hydroxyl groups excluding tert-OH is 1. The Kier molecular flexibility index (Phi) is 4.76. The first kappa shape index (κ1) is 14.6. The Morgan fingerprint density at radius 1 is 1.20 bits per heavy atom. The van der Waals surface area contributed by atoms with Gasteiger partial charge in [0.05, 0.1) is 12.2 Å². The molecule has 0 saturated carbocycles. The number of hydrogen-bond donors (Lipinski definition) is 3. The Balaban J connectivity index is 2.06. The van der Waals surface area contributed by atoms with E-state index in [-0.39, 0.29) is 12.5 Å². The Morgan fingerprint density at radius 3 is 2.70 bits per heavy atom. The van der Waals surface area contributed by atoms with Crippen molar-refractivity contribution >= 4 is 27.5 Å². The molecule has 104 valence electrons. The van der Waals surface area contributed by atoms with Crippen molar-refractivity contribution in [3.63, 3.8) is 0 Å². The molecule has 4 nitrogen and oxygen atoms in total. The van der Waals surface area contributed by atoms with Gasteiger partial charge in [0.25, 0.3) is 5.91 Å². The average molecular weight is 335 g/mol. The third-order valence-electron chi connectivity index (χ3n) is 2.86. The maximum Gasteiger partial charge on any atom is 0.252 e. The van der Waals surface area contributed by atoms with E-state index in [4.69, 9.17) is 10.8 Å². The third-order valence-corrected chi connectivity index (χ3v) is 3.55. The fourth-order valence-electron chi connectivity index (χ4n) is 1.83. The molecular formula is C15H15BrN2O2. The van der Waals surface area contributed by atoms with Crippen LogP contribution in [-0.2, 0) is 13.2 Å². The van der Waals surface area contributed by atoms with Crippen LogP contribution < -0.4 is 11.1 Å². The van der Waals surface area contributed by atoms with Gasteiger partial charge >= 0.3 is 0 Å². The first-order valence-corrected chi connectivity index (χ1v) is 6.91. The largest absolute Gasteiger partial charge is 0.399 e. The highest BCUT2D eigenvalue weighted by atomic mass is 79.9. The summed E-state index contributed by atoms with van der Waals surface area (Å²) < 4.78 is 0.702. The molecule has 0 radical (unpaired) electrons. The first-order valence-electron chi connectivity index (χ1n) is 6.12. The molecule has 2 aromatic rings. The summed E-state index contributed by atoms with van der Waals surface area (Å²) in [5, 5.41) is 11.9. The number of halogens is 1. The summed E-state index contributed by atoms with van der Waals surface area (Å²) in [6.45, 7) is 0.385. The number of carbonyl (C=O) groups is 1. The van der Waals surface area contributed by atoms with Crippen LogP contribution in [0.2, 0.25) is 0 Å². The van der Waals surface area contributed by atoms with E-state index >= 15 is 0 Å². The van der Waals surface area contributed by atoms with Crippen molar-refractivity contribution in [3.8, 4) is 0 Å². The molecule has 0 bridgehead atoms. The van der Waals surface area contributed by atoms with Crippen LogP contribution in [0, 0.1) is 0 Å². The highest BCUT2D eigenvalue weighted by Gasteiger charge is 2.10. The van der Waals surface area contributed by atoms with Gasteiger partial charge < -0.3 is 16.2 Å². The minimum Gasteiger partial charge on any atom is -0.399 e. The summed E-state index contributed by atoms with van der Waals surface area (Å²) in [5.41, 5.74) is 8.48. The van der Waals surface area contributed by atoms with Gasteiger partial charge in [-0.1, -0.05) is 24.3 Å². The standard InChI is InChI=1S/C15H15BrN2O2/c16-14-5-4-12(17)7-13(14)15(20)18-8-10-2-1-3-11(6-10)9-19/h1-7,19H,8-9,17H2,(H,18,20). The second-order valence-corrected chi connectivity index (χ2v) is 5.25. The average Bonchev–Trinajstić information content (AvgIpc) is 2.47. The zero-order valence-corrected chi connectivity index (χ0v) is 12.4. The number of anilines is 1. The van der Waals surface area contributed by atoms with Gasteiger partial charge in [-0.05, 0) is 45.3 Å². The topological polar surface area (TPSA) is 75.4 Å². The van der Waals surface area contributed by atoms with Crippen molar-refractivity contribution in [1.82, 2.24) is 5.32 Å². The van der Waals surface area contributed by atoms with Crippen molar-refractivity contribution in [2.24, 2.45) is 0 Å². The molecule has 4 N–H and O–H groups in total. The molecule has 0 aliphatic heterocycles. The number of hydrogen-bond acceptors (Lipinski definition) is 3. The number of nitrogens with one attached hydrogen (secondary N) is 1. The molecule has 0 fully saturated rings. The number of benzene rings is 2. The van der Waals surface area contributed by atoms with E-state index in [0.29, 0.717) is 22.3 Å². The maximum absolute atomic E-state index is 12.1. The van der Waals surface area contributed by atoms with Gasteiger partial charge in [-0.2, -0.15) is 0 Å². The summed E-state index contributed by atoms with van der Waals surface area (Å²) in [5.74, 6) is -0.196. The van der Waals surface area contributed by atoms with E-state index in [1.807, 2.05) is 24.3 Å². The van der Waals surface area contributed by atoms with Crippen LogP contribution in [0.15, 0.2) is 46.9 Å². The molecule has 2 aromatic carbocycles. The molecule has 1 amide bonds. The fraction of sp³-hybridized carbons (Fsp3) is 0.133. The number of nitrogens with two attached hydrogens (primary N) is 1. The molecular weight excluding hydrogens is 320 g/mol. The summed E-state index contributed by atoms with van der Waals surface area (Å²) in [7, 11) is 0. The number of rotatable bonds is 4. The predicted molar refractivity (Wildman–Crippen MR) is 82.1 cm³/mol. The lowest BCUT2D eigenvalue weighted by Crippen LogP contribution is -2.23. The monoisotopic (exact) mass is 334 g/mol. The Morgan fingerprint density at radius 2 is 1.95 bits per heavy atom. The number of aliphatic hydroxyl groups is 1. The van der Waals surface area contributed by atoms with E-state index in [1.165, 1.54) is 0 Å². The summed E-state index contributed by atoms with van der Waals surface area (Å²) >= 11 is 3.33. The minimum atomic E-state index is -0.196. The lowest BCUT2D eigenvalue weighted by molar-refractivity contribution is 0.0950. The minimum absolute atomic E-state index is 0.0114. The van der Waals surface area contributed by atoms with Crippen molar-refractivity contribution in [2.45, 2.75) is 13.2 Å². The van der Waals surface area contributed by atoms with Gasteiger partial charge in [0.2, 0.25) is 0 Å². The van der Waals surface area contributed by atoms with Crippen LogP contribution in [0.4, 0.5) is 5.69 Å². The molecule has 0 aliphatic carbocycles. The highest BCUT2D eigenvalue weighted by molar-refractivity contribution is 9.10. The van der Waals surface area contributed by atoms with Gasteiger partial charge in [0, 0.05) is 16.7 Å². The fourth-order valence-corrected chi connectivity index (χ4v) is 2.26. The second-order valence-electron chi connectivity index (χ2n) is 4.40. The molecule has 2 rings (SSSR count). The van der Waals surface area contributed by atoms with Gasteiger partial charge in [-0.25, -0.2) is 0 Å². The summed E-state index contributed by atoms with van der Waals surface area (Å²) in [6, 6.07) is 12.5. The molecule has 0 atom stereocenters. The second kappa shape index (κ2) is 6.54. The summed E-state index contributed by atoms with van der Waals surface area (Å²) in [4.78, 5) is 12.1. The lowest BCUT2D eigenvalue weighted by atomic mass is 10.1. The molecule has 0 aromatic heterocycles. The normalized spacial score (nSPS) is 10.3. The number of nitrogen functional groups attached to an aromatic ring is 1. The zero-order chi connectivity index (χ0) is 14.5.